The maximum Gasteiger partial charge on any atom is 0.118 e. The van der Waals surface area contributed by atoms with E-state index in [0.29, 0.717) is 0 Å². The fourth-order valence-corrected chi connectivity index (χ4v) is 3.66. The zero-order valence-electron chi connectivity index (χ0n) is 16.8. The Labute approximate surface area is 163 Å². The van der Waals surface area contributed by atoms with Gasteiger partial charge in [-0.25, -0.2) is 4.98 Å². The molecule has 0 bridgehead atoms. The summed E-state index contributed by atoms with van der Waals surface area (Å²) >= 11 is 0. The Morgan fingerprint density at radius 2 is 1.56 bits per heavy atom. The second-order valence-electron chi connectivity index (χ2n) is 7.31. The molecule has 0 N–H and O–H groups in total. The predicted molar refractivity (Wildman–Crippen MR) is 114 cm³/mol. The molecule has 1 heterocycles. The van der Waals surface area contributed by atoms with Crippen molar-refractivity contribution in [1.82, 2.24) is 9.55 Å². The molecular formula is C24H32N2O. The number of hydrogen-bond acceptors (Lipinski definition) is 2. The molecule has 3 aromatic rings. The molecule has 3 nitrogen and oxygen atoms in total. The van der Waals surface area contributed by atoms with Crippen LogP contribution in [0.4, 0.5) is 0 Å². The molecule has 3 heteroatoms. The third kappa shape index (κ3) is 5.35. The predicted octanol–water partition coefficient (Wildman–Crippen LogP) is 6.39. The maximum atomic E-state index is 5.27. The van der Waals surface area contributed by atoms with Crippen LogP contribution in [0.15, 0.2) is 48.5 Å². The van der Waals surface area contributed by atoms with Crippen molar-refractivity contribution in [2.24, 2.45) is 0 Å². The number of nitrogens with zero attached hydrogens (tertiary/aromatic N) is 2. The molecule has 1 aromatic heterocycles. The highest BCUT2D eigenvalue weighted by atomic mass is 16.5. The minimum absolute atomic E-state index is 0.856. The highest BCUT2D eigenvalue weighted by Gasteiger charge is 2.11. The quantitative estimate of drug-likeness (QED) is 0.369. The Morgan fingerprint density at radius 3 is 2.30 bits per heavy atom. The number of para-hydroxylation sites is 2. The third-order valence-corrected chi connectivity index (χ3v) is 5.24. The van der Waals surface area contributed by atoms with E-state index in [-0.39, 0.29) is 0 Å². The van der Waals surface area contributed by atoms with Gasteiger partial charge in [-0.2, -0.15) is 0 Å². The number of benzene rings is 2. The number of rotatable bonds is 11. The molecule has 0 amide bonds. The average Bonchev–Trinajstić information content (AvgIpc) is 3.05. The highest BCUT2D eigenvalue weighted by molar-refractivity contribution is 5.76. The smallest absolute Gasteiger partial charge is 0.118 e. The van der Waals surface area contributed by atoms with Gasteiger partial charge in [-0.1, -0.05) is 69.7 Å². The Balaban J connectivity index is 1.67. The van der Waals surface area contributed by atoms with Gasteiger partial charge in [0.05, 0.1) is 18.1 Å². The number of aryl methyl sites for hydroxylation is 1. The molecule has 0 aliphatic rings. The summed E-state index contributed by atoms with van der Waals surface area (Å²) < 4.78 is 7.69. The van der Waals surface area contributed by atoms with E-state index < -0.39 is 0 Å². The summed E-state index contributed by atoms with van der Waals surface area (Å²) in [6, 6.07) is 16.8. The highest BCUT2D eigenvalue weighted by Crippen LogP contribution is 2.21. The Hall–Kier alpha value is -2.29. The van der Waals surface area contributed by atoms with Gasteiger partial charge in [-0.15, -0.1) is 0 Å². The monoisotopic (exact) mass is 364 g/mol. The standard InChI is InChI=1S/C24H32N2O/c1-3-4-5-6-7-8-11-18-26-23-13-10-9-12-22(23)25-24(26)19-20-14-16-21(27-2)17-15-20/h9-10,12-17H,3-8,11,18-19H2,1-2H3. The van der Waals surface area contributed by atoms with Gasteiger partial charge in [0, 0.05) is 13.0 Å². The number of unbranched alkanes of at least 4 members (excludes halogenated alkanes) is 6. The van der Waals surface area contributed by atoms with Crippen molar-refractivity contribution in [2.45, 2.75) is 64.8 Å². The van der Waals surface area contributed by atoms with E-state index in [9.17, 15) is 0 Å². The lowest BCUT2D eigenvalue weighted by atomic mass is 10.1. The maximum absolute atomic E-state index is 5.27. The molecule has 0 atom stereocenters. The van der Waals surface area contributed by atoms with Gasteiger partial charge < -0.3 is 9.30 Å². The normalized spacial score (nSPS) is 11.2. The summed E-state index contributed by atoms with van der Waals surface area (Å²) in [4.78, 5) is 4.92. The lowest BCUT2D eigenvalue weighted by molar-refractivity contribution is 0.414. The van der Waals surface area contributed by atoms with Crippen molar-refractivity contribution >= 4 is 11.0 Å². The van der Waals surface area contributed by atoms with Crippen LogP contribution in [0.2, 0.25) is 0 Å². The SMILES string of the molecule is CCCCCCCCCn1c(Cc2ccc(OC)cc2)nc2ccccc21. The minimum Gasteiger partial charge on any atom is -0.497 e. The first-order chi connectivity index (χ1) is 13.3. The lowest BCUT2D eigenvalue weighted by Crippen LogP contribution is -2.05. The van der Waals surface area contributed by atoms with Crippen molar-refractivity contribution in [1.29, 1.82) is 0 Å². The molecule has 0 fully saturated rings. The third-order valence-electron chi connectivity index (χ3n) is 5.24. The van der Waals surface area contributed by atoms with E-state index in [0.717, 1.165) is 30.1 Å². The van der Waals surface area contributed by atoms with E-state index in [1.165, 1.54) is 56.0 Å². The first-order valence-corrected chi connectivity index (χ1v) is 10.4. The fourth-order valence-electron chi connectivity index (χ4n) is 3.66. The Bertz CT molecular complexity index is 820. The van der Waals surface area contributed by atoms with Crippen LogP contribution in [-0.2, 0) is 13.0 Å². The molecule has 144 valence electrons. The topological polar surface area (TPSA) is 27.1 Å². The fraction of sp³-hybridized carbons (Fsp3) is 0.458. The largest absolute Gasteiger partial charge is 0.497 e. The number of hydrogen-bond donors (Lipinski definition) is 0. The molecule has 3 rings (SSSR count). The van der Waals surface area contributed by atoms with Crippen molar-refractivity contribution in [3.05, 3.63) is 59.9 Å². The molecule has 0 aliphatic carbocycles. The molecule has 0 unspecified atom stereocenters. The summed E-state index contributed by atoms with van der Waals surface area (Å²) in [6.07, 6.45) is 10.2. The second-order valence-corrected chi connectivity index (χ2v) is 7.31. The number of methoxy groups -OCH3 is 1. The van der Waals surface area contributed by atoms with E-state index in [1.54, 1.807) is 7.11 Å². The van der Waals surface area contributed by atoms with Gasteiger partial charge >= 0.3 is 0 Å². The first kappa shape index (κ1) is 19.5. The van der Waals surface area contributed by atoms with Crippen molar-refractivity contribution in [3.8, 4) is 5.75 Å². The van der Waals surface area contributed by atoms with Gasteiger partial charge in [-0.05, 0) is 36.2 Å². The summed E-state index contributed by atoms with van der Waals surface area (Å²) in [5, 5.41) is 0. The van der Waals surface area contributed by atoms with Crippen LogP contribution in [0.25, 0.3) is 11.0 Å². The van der Waals surface area contributed by atoms with E-state index >= 15 is 0 Å². The number of imidazole rings is 1. The van der Waals surface area contributed by atoms with Crippen LogP contribution in [-0.4, -0.2) is 16.7 Å². The van der Waals surface area contributed by atoms with E-state index in [4.69, 9.17) is 9.72 Å². The number of fused-ring (bicyclic) bond motifs is 1. The zero-order valence-corrected chi connectivity index (χ0v) is 16.8. The lowest BCUT2D eigenvalue weighted by Gasteiger charge is -2.10. The van der Waals surface area contributed by atoms with Crippen LogP contribution in [0, 0.1) is 0 Å². The van der Waals surface area contributed by atoms with Gasteiger partial charge in [0.2, 0.25) is 0 Å². The molecule has 0 aliphatic heterocycles. The van der Waals surface area contributed by atoms with Crippen LogP contribution >= 0.6 is 0 Å². The van der Waals surface area contributed by atoms with Crippen molar-refractivity contribution in [3.63, 3.8) is 0 Å². The van der Waals surface area contributed by atoms with Crippen LogP contribution in [0.5, 0.6) is 5.75 Å². The van der Waals surface area contributed by atoms with Gasteiger partial charge in [0.15, 0.2) is 0 Å². The zero-order chi connectivity index (χ0) is 18.9. The molecule has 0 saturated carbocycles. The van der Waals surface area contributed by atoms with E-state index in [2.05, 4.69) is 47.9 Å². The van der Waals surface area contributed by atoms with E-state index in [1.807, 2.05) is 12.1 Å². The molecule has 0 radical (unpaired) electrons. The van der Waals surface area contributed by atoms with Gasteiger partial charge in [-0.3, -0.25) is 0 Å². The molecule has 0 spiro atoms. The van der Waals surface area contributed by atoms with Crippen molar-refractivity contribution < 1.29 is 4.74 Å². The Kier molecular flexibility index (Phi) is 7.32. The average molecular weight is 365 g/mol. The summed E-state index contributed by atoms with van der Waals surface area (Å²) in [5.41, 5.74) is 3.63. The molecule has 27 heavy (non-hydrogen) atoms. The summed E-state index contributed by atoms with van der Waals surface area (Å²) in [7, 11) is 1.71. The number of ether oxygens (including phenoxy) is 1. The molecule has 0 saturated heterocycles. The van der Waals surface area contributed by atoms with Crippen LogP contribution in [0.3, 0.4) is 0 Å². The minimum atomic E-state index is 0.856. The van der Waals surface area contributed by atoms with Gasteiger partial charge in [0.1, 0.15) is 11.6 Å². The first-order valence-electron chi connectivity index (χ1n) is 10.4. The Morgan fingerprint density at radius 1 is 0.852 bits per heavy atom. The number of aromatic nitrogens is 2. The second kappa shape index (κ2) is 10.1. The molecular weight excluding hydrogens is 332 g/mol. The van der Waals surface area contributed by atoms with Gasteiger partial charge in [0.25, 0.3) is 0 Å². The van der Waals surface area contributed by atoms with Crippen LogP contribution in [0.1, 0.15) is 63.3 Å². The molecule has 2 aromatic carbocycles. The van der Waals surface area contributed by atoms with Crippen molar-refractivity contribution in [2.75, 3.05) is 7.11 Å². The van der Waals surface area contributed by atoms with Crippen LogP contribution < -0.4 is 4.74 Å². The summed E-state index contributed by atoms with van der Waals surface area (Å²) in [5.74, 6) is 2.06. The summed E-state index contributed by atoms with van der Waals surface area (Å²) in [6.45, 7) is 3.33.